The molecule has 1 aromatic heterocycles. The second-order valence-electron chi connectivity index (χ2n) is 7.31. The third kappa shape index (κ3) is 5.85. The average Bonchev–Trinajstić information content (AvgIpc) is 2.72. The Hall–Kier alpha value is -2.78. The first-order valence-electron chi connectivity index (χ1n) is 9.95. The zero-order valence-corrected chi connectivity index (χ0v) is 16.9. The van der Waals surface area contributed by atoms with Crippen molar-refractivity contribution in [1.29, 1.82) is 0 Å². The molecule has 2 heterocycles. The molecule has 1 aromatic carbocycles. The van der Waals surface area contributed by atoms with Crippen LogP contribution in [-0.4, -0.2) is 59.2 Å². The Morgan fingerprint density at radius 2 is 1.86 bits per heavy atom. The van der Waals surface area contributed by atoms with E-state index in [4.69, 9.17) is 4.74 Å². The number of nitrogens with one attached hydrogen (secondary N) is 2. The predicted molar refractivity (Wildman–Crippen MR) is 113 cm³/mol. The van der Waals surface area contributed by atoms with E-state index < -0.39 is 4.92 Å². The van der Waals surface area contributed by atoms with Crippen LogP contribution in [-0.2, 0) is 4.74 Å². The van der Waals surface area contributed by atoms with Crippen LogP contribution in [0.2, 0.25) is 0 Å². The standard InChI is InChI=1S/C20H28N6O3/c1-15(2)16-4-6-17(7-5-16)24-20-18(26(27)28)19(22-14-23-20)21-8-3-9-25-10-12-29-13-11-25/h4-7,14-15H,3,8-13H2,1-2H3,(H2,21,22,23,24). The zero-order chi connectivity index (χ0) is 20.6. The molecule has 0 saturated carbocycles. The molecular formula is C20H28N6O3. The van der Waals surface area contributed by atoms with E-state index in [-0.39, 0.29) is 17.3 Å². The maximum absolute atomic E-state index is 11.7. The van der Waals surface area contributed by atoms with Crippen molar-refractivity contribution >= 4 is 23.0 Å². The Morgan fingerprint density at radius 1 is 1.17 bits per heavy atom. The number of anilines is 3. The fourth-order valence-electron chi connectivity index (χ4n) is 3.19. The molecule has 3 rings (SSSR count). The van der Waals surface area contributed by atoms with Gasteiger partial charge in [-0.3, -0.25) is 15.0 Å². The summed E-state index contributed by atoms with van der Waals surface area (Å²) in [6, 6.07) is 7.81. The van der Waals surface area contributed by atoms with Crippen molar-refractivity contribution in [2.45, 2.75) is 26.2 Å². The number of rotatable bonds is 9. The molecule has 9 heteroatoms. The van der Waals surface area contributed by atoms with Gasteiger partial charge in [0.25, 0.3) is 0 Å². The van der Waals surface area contributed by atoms with Gasteiger partial charge >= 0.3 is 5.69 Å². The van der Waals surface area contributed by atoms with Gasteiger partial charge in [-0.15, -0.1) is 0 Å². The fourth-order valence-corrected chi connectivity index (χ4v) is 3.19. The highest BCUT2D eigenvalue weighted by Gasteiger charge is 2.23. The van der Waals surface area contributed by atoms with Gasteiger partial charge in [0.1, 0.15) is 6.33 Å². The topological polar surface area (TPSA) is 105 Å². The van der Waals surface area contributed by atoms with Gasteiger partial charge in [-0.05, 0) is 36.6 Å². The summed E-state index contributed by atoms with van der Waals surface area (Å²) in [4.78, 5) is 21.7. The molecule has 1 saturated heterocycles. The first-order valence-corrected chi connectivity index (χ1v) is 9.95. The Bertz CT molecular complexity index is 806. The lowest BCUT2D eigenvalue weighted by Crippen LogP contribution is -2.37. The first kappa shape index (κ1) is 20.9. The molecule has 0 spiro atoms. The number of nitro groups is 1. The lowest BCUT2D eigenvalue weighted by Gasteiger charge is -2.26. The minimum atomic E-state index is -0.449. The molecule has 1 fully saturated rings. The van der Waals surface area contributed by atoms with Gasteiger partial charge in [-0.25, -0.2) is 9.97 Å². The van der Waals surface area contributed by atoms with Crippen LogP contribution in [0.15, 0.2) is 30.6 Å². The van der Waals surface area contributed by atoms with Crippen LogP contribution in [0, 0.1) is 10.1 Å². The third-order valence-electron chi connectivity index (χ3n) is 4.89. The second kappa shape index (κ2) is 10.1. The van der Waals surface area contributed by atoms with Gasteiger partial charge in [-0.2, -0.15) is 0 Å². The van der Waals surface area contributed by atoms with E-state index in [1.165, 1.54) is 11.9 Å². The van der Waals surface area contributed by atoms with Crippen LogP contribution in [0.5, 0.6) is 0 Å². The van der Waals surface area contributed by atoms with E-state index in [9.17, 15) is 10.1 Å². The maximum Gasteiger partial charge on any atom is 0.353 e. The smallest absolute Gasteiger partial charge is 0.353 e. The molecule has 2 N–H and O–H groups in total. The van der Waals surface area contributed by atoms with Crippen LogP contribution >= 0.6 is 0 Å². The lowest BCUT2D eigenvalue weighted by atomic mass is 10.0. The molecule has 0 unspecified atom stereocenters. The van der Waals surface area contributed by atoms with Crippen LogP contribution < -0.4 is 10.6 Å². The Labute approximate surface area is 170 Å². The highest BCUT2D eigenvalue weighted by molar-refractivity contribution is 5.73. The Morgan fingerprint density at radius 3 is 2.52 bits per heavy atom. The van der Waals surface area contributed by atoms with E-state index in [0.717, 1.165) is 45.0 Å². The molecule has 2 aromatic rings. The predicted octanol–water partition coefficient (Wildman–Crippen LogP) is 3.39. The van der Waals surface area contributed by atoms with Crippen molar-refractivity contribution in [3.63, 3.8) is 0 Å². The van der Waals surface area contributed by atoms with Crippen molar-refractivity contribution < 1.29 is 9.66 Å². The molecule has 1 aliphatic heterocycles. The minimum absolute atomic E-state index is 0.146. The molecular weight excluding hydrogens is 372 g/mol. The number of aromatic nitrogens is 2. The van der Waals surface area contributed by atoms with E-state index in [0.29, 0.717) is 12.5 Å². The molecule has 0 amide bonds. The summed E-state index contributed by atoms with van der Waals surface area (Å²) < 4.78 is 5.34. The van der Waals surface area contributed by atoms with E-state index >= 15 is 0 Å². The van der Waals surface area contributed by atoms with Crippen LogP contribution in [0.25, 0.3) is 0 Å². The first-order chi connectivity index (χ1) is 14.0. The average molecular weight is 400 g/mol. The van der Waals surface area contributed by atoms with Crippen molar-refractivity contribution in [3.05, 3.63) is 46.3 Å². The highest BCUT2D eigenvalue weighted by atomic mass is 16.6. The summed E-state index contributed by atoms with van der Waals surface area (Å²) in [6.07, 6.45) is 2.20. The summed E-state index contributed by atoms with van der Waals surface area (Å²) in [5.74, 6) is 0.831. The van der Waals surface area contributed by atoms with Crippen molar-refractivity contribution in [2.24, 2.45) is 0 Å². The van der Waals surface area contributed by atoms with Gasteiger partial charge in [0, 0.05) is 25.3 Å². The van der Waals surface area contributed by atoms with Crippen LogP contribution in [0.4, 0.5) is 23.0 Å². The number of hydrogen-bond acceptors (Lipinski definition) is 8. The minimum Gasteiger partial charge on any atom is -0.379 e. The van der Waals surface area contributed by atoms with E-state index in [2.05, 4.69) is 39.3 Å². The summed E-state index contributed by atoms with van der Waals surface area (Å²) in [5, 5.41) is 17.8. The second-order valence-corrected chi connectivity index (χ2v) is 7.31. The number of nitrogens with zero attached hydrogens (tertiary/aromatic N) is 4. The number of ether oxygens (including phenoxy) is 1. The van der Waals surface area contributed by atoms with Crippen LogP contribution in [0.1, 0.15) is 31.7 Å². The SMILES string of the molecule is CC(C)c1ccc(Nc2ncnc(NCCCN3CCOCC3)c2[N+](=O)[O-])cc1. The number of benzene rings is 1. The van der Waals surface area contributed by atoms with Crippen molar-refractivity contribution in [3.8, 4) is 0 Å². The summed E-state index contributed by atoms with van der Waals surface area (Å²) in [7, 11) is 0. The summed E-state index contributed by atoms with van der Waals surface area (Å²) in [5.41, 5.74) is 1.80. The zero-order valence-electron chi connectivity index (χ0n) is 16.9. The lowest BCUT2D eigenvalue weighted by molar-refractivity contribution is -0.383. The van der Waals surface area contributed by atoms with Crippen molar-refractivity contribution in [1.82, 2.24) is 14.9 Å². The third-order valence-corrected chi connectivity index (χ3v) is 4.89. The molecule has 0 bridgehead atoms. The Balaban J connectivity index is 1.64. The van der Waals surface area contributed by atoms with E-state index in [1.54, 1.807) is 0 Å². The molecule has 1 aliphatic rings. The summed E-state index contributed by atoms with van der Waals surface area (Å²) in [6.45, 7) is 9.13. The molecule has 9 nitrogen and oxygen atoms in total. The molecule has 156 valence electrons. The quantitative estimate of drug-likeness (QED) is 0.375. The van der Waals surface area contributed by atoms with Crippen LogP contribution in [0.3, 0.4) is 0 Å². The summed E-state index contributed by atoms with van der Waals surface area (Å²) >= 11 is 0. The monoisotopic (exact) mass is 400 g/mol. The highest BCUT2D eigenvalue weighted by Crippen LogP contribution is 2.31. The molecule has 0 aliphatic carbocycles. The maximum atomic E-state index is 11.7. The normalized spacial score (nSPS) is 14.7. The molecule has 29 heavy (non-hydrogen) atoms. The van der Waals surface area contributed by atoms with Gasteiger partial charge in [0.2, 0.25) is 11.6 Å². The molecule has 0 atom stereocenters. The molecule has 0 radical (unpaired) electrons. The largest absolute Gasteiger partial charge is 0.379 e. The van der Waals surface area contributed by atoms with Gasteiger partial charge in [-0.1, -0.05) is 26.0 Å². The number of morpholine rings is 1. The van der Waals surface area contributed by atoms with Gasteiger partial charge < -0.3 is 15.4 Å². The van der Waals surface area contributed by atoms with Crippen molar-refractivity contribution in [2.75, 3.05) is 50.0 Å². The number of hydrogen-bond donors (Lipinski definition) is 2. The fraction of sp³-hybridized carbons (Fsp3) is 0.500. The van der Waals surface area contributed by atoms with E-state index in [1.807, 2.05) is 24.3 Å². The van der Waals surface area contributed by atoms with Gasteiger partial charge in [0.15, 0.2) is 0 Å². The Kier molecular flexibility index (Phi) is 7.31. The van der Waals surface area contributed by atoms with Gasteiger partial charge in [0.05, 0.1) is 18.1 Å².